The molecule has 2 heterocycles. The molecule has 0 radical (unpaired) electrons. The number of aryl methyl sites for hydroxylation is 1. The Morgan fingerprint density at radius 1 is 1.41 bits per heavy atom. The first kappa shape index (κ1) is 10.8. The van der Waals surface area contributed by atoms with Crippen LogP contribution in [0.1, 0.15) is 24.8 Å². The van der Waals surface area contributed by atoms with Gasteiger partial charge in [-0.05, 0) is 32.7 Å². The number of hydrogen-bond donors (Lipinski definition) is 2. The molecule has 0 spiro atoms. The van der Waals surface area contributed by atoms with Crippen LogP contribution in [0, 0.1) is 6.92 Å². The predicted octanol–water partition coefficient (Wildman–Crippen LogP) is 1.10. The van der Waals surface area contributed by atoms with Gasteiger partial charge in [0.05, 0.1) is 0 Å². The second kappa shape index (κ2) is 4.49. The second-order valence-electron chi connectivity index (χ2n) is 4.84. The summed E-state index contributed by atoms with van der Waals surface area (Å²) in [6.45, 7) is 3.93. The molecule has 0 amide bonds. The minimum absolute atomic E-state index is 0.214. The first-order valence-corrected chi connectivity index (χ1v) is 6.29. The third kappa shape index (κ3) is 2.66. The molecule has 1 aromatic rings. The Morgan fingerprint density at radius 2 is 2.29 bits per heavy atom. The van der Waals surface area contributed by atoms with E-state index in [1.165, 1.54) is 12.8 Å². The fourth-order valence-corrected chi connectivity index (χ4v) is 1.93. The van der Waals surface area contributed by atoms with Crippen molar-refractivity contribution in [1.82, 2.24) is 15.3 Å². The number of anilines is 1. The highest BCUT2D eigenvalue weighted by molar-refractivity contribution is 5.44. The molecule has 1 aromatic heterocycles. The summed E-state index contributed by atoms with van der Waals surface area (Å²) in [5.41, 5.74) is 1.08. The van der Waals surface area contributed by atoms with Crippen molar-refractivity contribution in [1.29, 1.82) is 0 Å². The molecule has 0 bridgehead atoms. The molecular weight excluding hydrogens is 216 g/mol. The van der Waals surface area contributed by atoms with Crippen molar-refractivity contribution >= 4 is 5.82 Å². The zero-order valence-corrected chi connectivity index (χ0v) is 10.1. The van der Waals surface area contributed by atoms with Gasteiger partial charge in [0.25, 0.3) is 0 Å². The van der Waals surface area contributed by atoms with Gasteiger partial charge in [0.1, 0.15) is 11.9 Å². The number of ether oxygens (including phenoxy) is 1. The maximum atomic E-state index is 5.75. The third-order valence-electron chi connectivity index (χ3n) is 3.15. The quantitative estimate of drug-likeness (QED) is 0.817. The Kier molecular flexibility index (Phi) is 2.84. The number of nitrogens with zero attached hydrogens (tertiary/aromatic N) is 2. The van der Waals surface area contributed by atoms with Crippen LogP contribution >= 0.6 is 0 Å². The average Bonchev–Trinajstić information content (AvgIpc) is 2.98. The molecule has 2 fully saturated rings. The monoisotopic (exact) mass is 234 g/mol. The highest BCUT2D eigenvalue weighted by atomic mass is 16.5. The molecule has 92 valence electrons. The molecule has 2 N–H and O–H groups in total. The third-order valence-corrected chi connectivity index (χ3v) is 3.15. The highest BCUT2D eigenvalue weighted by Crippen LogP contribution is 2.26. The fraction of sp³-hybridized carbons (Fsp3) is 0.667. The van der Waals surface area contributed by atoms with Gasteiger partial charge in [0.2, 0.25) is 0 Å². The molecular formula is C12H18N4O. The van der Waals surface area contributed by atoms with Gasteiger partial charge in [-0.2, -0.15) is 4.98 Å². The van der Waals surface area contributed by atoms with Crippen LogP contribution < -0.4 is 15.4 Å². The summed E-state index contributed by atoms with van der Waals surface area (Å²) in [5, 5.41) is 6.67. The van der Waals surface area contributed by atoms with Crippen LogP contribution in [0.5, 0.6) is 6.01 Å². The molecule has 3 rings (SSSR count). The number of rotatable bonds is 4. The summed E-state index contributed by atoms with van der Waals surface area (Å²) in [7, 11) is 0. The van der Waals surface area contributed by atoms with Gasteiger partial charge in [0.15, 0.2) is 0 Å². The van der Waals surface area contributed by atoms with Gasteiger partial charge in [-0.25, -0.2) is 4.98 Å². The predicted molar refractivity (Wildman–Crippen MR) is 65.3 cm³/mol. The van der Waals surface area contributed by atoms with E-state index in [0.717, 1.165) is 30.9 Å². The maximum absolute atomic E-state index is 5.75. The minimum Gasteiger partial charge on any atom is -0.459 e. The largest absolute Gasteiger partial charge is 0.459 e. The summed E-state index contributed by atoms with van der Waals surface area (Å²) >= 11 is 0. The Morgan fingerprint density at radius 3 is 3.00 bits per heavy atom. The smallest absolute Gasteiger partial charge is 0.318 e. The SMILES string of the molecule is Cc1cnc(OC2CCNC2)nc1NC1CC1. The molecule has 1 aliphatic heterocycles. The lowest BCUT2D eigenvalue weighted by Gasteiger charge is -2.12. The van der Waals surface area contributed by atoms with Gasteiger partial charge in [-0.3, -0.25) is 0 Å². The van der Waals surface area contributed by atoms with Crippen LogP contribution in [0.3, 0.4) is 0 Å². The van der Waals surface area contributed by atoms with Crippen molar-refractivity contribution in [2.75, 3.05) is 18.4 Å². The number of aromatic nitrogens is 2. The van der Waals surface area contributed by atoms with E-state index in [1.807, 2.05) is 13.1 Å². The van der Waals surface area contributed by atoms with E-state index in [0.29, 0.717) is 12.1 Å². The van der Waals surface area contributed by atoms with E-state index in [9.17, 15) is 0 Å². The molecule has 1 saturated heterocycles. The number of nitrogens with one attached hydrogen (secondary N) is 2. The van der Waals surface area contributed by atoms with Gasteiger partial charge in [-0.15, -0.1) is 0 Å². The molecule has 5 heteroatoms. The van der Waals surface area contributed by atoms with E-state index >= 15 is 0 Å². The number of hydrogen-bond acceptors (Lipinski definition) is 5. The lowest BCUT2D eigenvalue weighted by atomic mass is 10.3. The molecule has 17 heavy (non-hydrogen) atoms. The summed E-state index contributed by atoms with van der Waals surface area (Å²) in [6.07, 6.45) is 5.56. The van der Waals surface area contributed by atoms with Crippen LogP contribution in [0.2, 0.25) is 0 Å². The standard InChI is InChI=1S/C12H18N4O/c1-8-6-14-12(17-10-4-5-13-7-10)16-11(8)15-9-2-3-9/h6,9-10,13H,2-5,7H2,1H3,(H,14,15,16). The summed E-state index contributed by atoms with van der Waals surface area (Å²) in [6, 6.07) is 1.09. The topological polar surface area (TPSA) is 59.1 Å². The van der Waals surface area contributed by atoms with E-state index in [4.69, 9.17) is 4.74 Å². The highest BCUT2D eigenvalue weighted by Gasteiger charge is 2.23. The Labute approximate surface area is 101 Å². The Hall–Kier alpha value is -1.36. The molecule has 1 saturated carbocycles. The van der Waals surface area contributed by atoms with Crippen LogP contribution in [0.15, 0.2) is 6.20 Å². The molecule has 1 unspecified atom stereocenters. The van der Waals surface area contributed by atoms with Crippen LogP contribution in [0.25, 0.3) is 0 Å². The maximum Gasteiger partial charge on any atom is 0.318 e. The van der Waals surface area contributed by atoms with Crippen molar-refractivity contribution in [3.63, 3.8) is 0 Å². The summed E-state index contributed by atoms with van der Waals surface area (Å²) in [4.78, 5) is 8.67. The lowest BCUT2D eigenvalue weighted by Crippen LogP contribution is -2.21. The molecule has 1 atom stereocenters. The van der Waals surface area contributed by atoms with E-state index < -0.39 is 0 Å². The second-order valence-corrected chi connectivity index (χ2v) is 4.84. The van der Waals surface area contributed by atoms with Crippen molar-refractivity contribution in [2.24, 2.45) is 0 Å². The first-order valence-electron chi connectivity index (χ1n) is 6.29. The van der Waals surface area contributed by atoms with Gasteiger partial charge >= 0.3 is 6.01 Å². The normalized spacial score (nSPS) is 23.7. The van der Waals surface area contributed by atoms with Gasteiger partial charge < -0.3 is 15.4 Å². The van der Waals surface area contributed by atoms with Crippen molar-refractivity contribution in [3.8, 4) is 6.01 Å². The minimum atomic E-state index is 0.214. The van der Waals surface area contributed by atoms with Gasteiger partial charge in [-0.1, -0.05) is 0 Å². The summed E-state index contributed by atoms with van der Waals surface area (Å²) in [5.74, 6) is 0.920. The molecule has 2 aliphatic rings. The van der Waals surface area contributed by atoms with E-state index in [-0.39, 0.29) is 6.10 Å². The molecule has 0 aromatic carbocycles. The molecule has 5 nitrogen and oxygen atoms in total. The first-order chi connectivity index (χ1) is 8.31. The lowest BCUT2D eigenvalue weighted by molar-refractivity contribution is 0.204. The van der Waals surface area contributed by atoms with Crippen molar-refractivity contribution in [2.45, 2.75) is 38.3 Å². The molecule has 1 aliphatic carbocycles. The van der Waals surface area contributed by atoms with Crippen molar-refractivity contribution in [3.05, 3.63) is 11.8 Å². The zero-order chi connectivity index (χ0) is 11.7. The summed E-state index contributed by atoms with van der Waals surface area (Å²) < 4.78 is 5.75. The van der Waals surface area contributed by atoms with Gasteiger partial charge in [0, 0.05) is 24.3 Å². The van der Waals surface area contributed by atoms with Crippen LogP contribution in [0.4, 0.5) is 5.82 Å². The van der Waals surface area contributed by atoms with Crippen molar-refractivity contribution < 1.29 is 4.74 Å². The van der Waals surface area contributed by atoms with E-state index in [2.05, 4.69) is 20.6 Å². The Bertz CT molecular complexity index is 399. The average molecular weight is 234 g/mol. The Balaban J connectivity index is 1.70. The van der Waals surface area contributed by atoms with Crippen LogP contribution in [-0.2, 0) is 0 Å². The van der Waals surface area contributed by atoms with Crippen LogP contribution in [-0.4, -0.2) is 35.2 Å². The fourth-order valence-electron chi connectivity index (χ4n) is 1.93. The van der Waals surface area contributed by atoms with E-state index in [1.54, 1.807) is 0 Å². The zero-order valence-electron chi connectivity index (χ0n) is 10.1.